The summed E-state index contributed by atoms with van der Waals surface area (Å²) in [7, 11) is 0. The van der Waals surface area contributed by atoms with Crippen molar-refractivity contribution >= 4 is 40.8 Å². The number of rotatable bonds is 7. The van der Waals surface area contributed by atoms with Crippen LogP contribution < -0.4 is 5.32 Å². The predicted octanol–water partition coefficient (Wildman–Crippen LogP) is 4.93. The number of carbonyl (C=O) groups excluding carboxylic acids is 1. The first kappa shape index (κ1) is 19.9. The number of hydrogen-bond donors (Lipinski definition) is 1. The molecule has 1 amide bonds. The minimum atomic E-state index is -0.550. The molecule has 0 bridgehead atoms. The van der Waals surface area contributed by atoms with Gasteiger partial charge in [-0.1, -0.05) is 35.5 Å². The average molecular weight is 417 g/mol. The predicted molar refractivity (Wildman–Crippen MR) is 109 cm³/mol. The molecular formula is C19H17ClN4O3S. The van der Waals surface area contributed by atoms with Crippen molar-refractivity contribution in [2.24, 2.45) is 0 Å². The van der Waals surface area contributed by atoms with E-state index in [-0.39, 0.29) is 18.1 Å². The van der Waals surface area contributed by atoms with Crippen LogP contribution in [0.5, 0.6) is 0 Å². The lowest BCUT2D eigenvalue weighted by Crippen LogP contribution is -2.14. The van der Waals surface area contributed by atoms with Gasteiger partial charge in [-0.25, -0.2) is 0 Å². The molecule has 9 heteroatoms. The molecule has 28 heavy (non-hydrogen) atoms. The first-order chi connectivity index (χ1) is 13.4. The lowest BCUT2D eigenvalue weighted by Gasteiger charge is -2.08. The molecule has 0 spiro atoms. The third kappa shape index (κ3) is 5.11. The molecule has 0 radical (unpaired) electrons. The zero-order valence-electron chi connectivity index (χ0n) is 15.0. The fourth-order valence-corrected chi connectivity index (χ4v) is 3.60. The van der Waals surface area contributed by atoms with Crippen molar-refractivity contribution in [1.29, 1.82) is 0 Å². The molecule has 3 rings (SSSR count). The highest BCUT2D eigenvalue weighted by Gasteiger charge is 2.15. The summed E-state index contributed by atoms with van der Waals surface area (Å²) in [6.07, 6.45) is 1.52. The SMILES string of the molecule is Cc1nc([N+](=O)[O-])cn1CCC(=O)Nc1ccc(Sc2ccccc2Cl)cc1. The van der Waals surface area contributed by atoms with Crippen LogP contribution in [0.3, 0.4) is 0 Å². The standard InChI is InChI=1S/C19H17ClN4O3S/c1-13-21-18(24(26)27)12-23(13)11-10-19(25)22-14-6-8-15(9-7-14)28-17-5-3-2-4-16(17)20/h2-9,12H,10-11H2,1H3,(H,22,25). The summed E-state index contributed by atoms with van der Waals surface area (Å²) in [6, 6.07) is 15.1. The Morgan fingerprint density at radius 2 is 1.96 bits per heavy atom. The maximum atomic E-state index is 12.2. The van der Waals surface area contributed by atoms with Crippen molar-refractivity contribution in [2.45, 2.75) is 29.7 Å². The van der Waals surface area contributed by atoms with E-state index in [2.05, 4.69) is 10.3 Å². The van der Waals surface area contributed by atoms with Crippen LogP contribution in [-0.4, -0.2) is 20.4 Å². The highest BCUT2D eigenvalue weighted by Crippen LogP contribution is 2.33. The molecule has 7 nitrogen and oxygen atoms in total. The number of aryl methyl sites for hydroxylation is 2. The number of anilines is 1. The van der Waals surface area contributed by atoms with Gasteiger partial charge in [-0.2, -0.15) is 0 Å². The Hall–Kier alpha value is -2.84. The number of nitrogens with zero attached hydrogens (tertiary/aromatic N) is 3. The molecule has 0 aliphatic heterocycles. The third-order valence-electron chi connectivity index (χ3n) is 3.93. The van der Waals surface area contributed by atoms with Crippen LogP contribution >= 0.6 is 23.4 Å². The molecule has 0 saturated heterocycles. The molecule has 1 heterocycles. The molecule has 0 saturated carbocycles. The largest absolute Gasteiger partial charge is 0.381 e. The number of carbonyl (C=O) groups is 1. The minimum Gasteiger partial charge on any atom is -0.358 e. The number of benzene rings is 2. The van der Waals surface area contributed by atoms with E-state index in [1.165, 1.54) is 6.20 Å². The molecule has 0 atom stereocenters. The van der Waals surface area contributed by atoms with Gasteiger partial charge in [0.25, 0.3) is 0 Å². The van der Waals surface area contributed by atoms with Crippen LogP contribution in [0.2, 0.25) is 5.02 Å². The zero-order chi connectivity index (χ0) is 20.1. The maximum absolute atomic E-state index is 12.2. The van der Waals surface area contributed by atoms with Crippen LogP contribution in [0, 0.1) is 17.0 Å². The van der Waals surface area contributed by atoms with E-state index in [0.717, 1.165) is 9.79 Å². The summed E-state index contributed by atoms with van der Waals surface area (Å²) >= 11 is 7.71. The summed E-state index contributed by atoms with van der Waals surface area (Å²) in [5, 5.41) is 14.3. The van der Waals surface area contributed by atoms with E-state index in [9.17, 15) is 14.9 Å². The fourth-order valence-electron chi connectivity index (χ4n) is 2.51. The monoisotopic (exact) mass is 416 g/mol. The van der Waals surface area contributed by atoms with E-state index < -0.39 is 4.92 Å². The van der Waals surface area contributed by atoms with Crippen molar-refractivity contribution in [1.82, 2.24) is 9.55 Å². The van der Waals surface area contributed by atoms with Crippen LogP contribution in [0.25, 0.3) is 0 Å². The smallest absolute Gasteiger partial charge is 0.358 e. The number of nitrogens with one attached hydrogen (secondary N) is 1. The summed E-state index contributed by atoms with van der Waals surface area (Å²) in [4.78, 5) is 28.2. The van der Waals surface area contributed by atoms with Crippen molar-refractivity contribution in [3.63, 3.8) is 0 Å². The zero-order valence-corrected chi connectivity index (χ0v) is 16.5. The van der Waals surface area contributed by atoms with E-state index in [0.29, 0.717) is 23.1 Å². The number of nitro groups is 1. The highest BCUT2D eigenvalue weighted by atomic mass is 35.5. The number of aromatic nitrogens is 2. The Morgan fingerprint density at radius 3 is 2.61 bits per heavy atom. The van der Waals surface area contributed by atoms with Crippen molar-refractivity contribution in [3.8, 4) is 0 Å². The molecule has 0 fully saturated rings. The van der Waals surface area contributed by atoms with E-state index >= 15 is 0 Å². The van der Waals surface area contributed by atoms with Crippen LogP contribution in [0.1, 0.15) is 12.2 Å². The molecule has 1 aromatic heterocycles. The number of amides is 1. The van der Waals surface area contributed by atoms with Gasteiger partial charge < -0.3 is 20.0 Å². The lowest BCUT2D eigenvalue weighted by atomic mass is 10.3. The molecular weight excluding hydrogens is 400 g/mol. The molecule has 144 valence electrons. The van der Waals surface area contributed by atoms with E-state index in [4.69, 9.17) is 11.6 Å². The first-order valence-corrected chi connectivity index (χ1v) is 9.62. The number of hydrogen-bond acceptors (Lipinski definition) is 5. The van der Waals surface area contributed by atoms with Crippen LogP contribution in [0.15, 0.2) is 64.5 Å². The molecule has 3 aromatic rings. The average Bonchev–Trinajstić information content (AvgIpc) is 3.05. The van der Waals surface area contributed by atoms with Gasteiger partial charge in [-0.3, -0.25) is 4.79 Å². The Bertz CT molecular complexity index is 1000. The van der Waals surface area contributed by atoms with Crippen molar-refractivity contribution in [2.75, 3.05) is 5.32 Å². The van der Waals surface area contributed by atoms with Gasteiger partial charge in [0.2, 0.25) is 11.7 Å². The normalized spacial score (nSPS) is 10.6. The van der Waals surface area contributed by atoms with E-state index in [1.807, 2.05) is 48.5 Å². The van der Waals surface area contributed by atoms with Gasteiger partial charge in [0.1, 0.15) is 6.20 Å². The molecule has 0 aliphatic carbocycles. The summed E-state index contributed by atoms with van der Waals surface area (Å²) in [5.74, 6) is 0.104. The Kier molecular flexibility index (Phi) is 6.33. The van der Waals surface area contributed by atoms with Gasteiger partial charge in [0.05, 0.1) is 5.02 Å². The van der Waals surface area contributed by atoms with Crippen molar-refractivity contribution in [3.05, 3.63) is 75.7 Å². The summed E-state index contributed by atoms with van der Waals surface area (Å²) in [5.41, 5.74) is 0.682. The molecule has 0 unspecified atom stereocenters. The molecule has 2 aromatic carbocycles. The second-order valence-corrected chi connectivity index (χ2v) is 7.47. The van der Waals surface area contributed by atoms with Gasteiger partial charge in [-0.05, 0) is 46.3 Å². The topological polar surface area (TPSA) is 90.1 Å². The van der Waals surface area contributed by atoms with Gasteiger partial charge >= 0.3 is 5.82 Å². The van der Waals surface area contributed by atoms with Gasteiger partial charge in [0.15, 0.2) is 0 Å². The Balaban J connectivity index is 1.54. The van der Waals surface area contributed by atoms with E-state index in [1.54, 1.807) is 23.3 Å². The highest BCUT2D eigenvalue weighted by molar-refractivity contribution is 7.99. The molecule has 0 aliphatic rings. The van der Waals surface area contributed by atoms with Crippen LogP contribution in [-0.2, 0) is 11.3 Å². The maximum Gasteiger partial charge on any atom is 0.381 e. The summed E-state index contributed by atoms with van der Waals surface area (Å²) in [6.45, 7) is 1.99. The Morgan fingerprint density at radius 1 is 1.25 bits per heavy atom. The summed E-state index contributed by atoms with van der Waals surface area (Å²) < 4.78 is 1.60. The number of imidazole rings is 1. The first-order valence-electron chi connectivity index (χ1n) is 8.43. The quantitative estimate of drug-likeness (QED) is 0.435. The van der Waals surface area contributed by atoms with Gasteiger partial charge in [-0.15, -0.1) is 0 Å². The van der Waals surface area contributed by atoms with Crippen LogP contribution in [0.4, 0.5) is 11.5 Å². The Labute approximate surface area is 170 Å². The molecule has 1 N–H and O–H groups in total. The lowest BCUT2D eigenvalue weighted by molar-refractivity contribution is -0.389. The minimum absolute atomic E-state index is 0.178. The van der Waals surface area contributed by atoms with Crippen molar-refractivity contribution < 1.29 is 9.72 Å². The third-order valence-corrected chi connectivity index (χ3v) is 5.46. The number of halogens is 1. The van der Waals surface area contributed by atoms with Gasteiger partial charge in [0, 0.05) is 35.4 Å². The second-order valence-electron chi connectivity index (χ2n) is 5.95. The second kappa shape index (κ2) is 8.90. The fraction of sp³-hybridized carbons (Fsp3) is 0.158.